The molecule has 0 saturated heterocycles. The van der Waals surface area contributed by atoms with Gasteiger partial charge in [-0.3, -0.25) is 4.79 Å². The second-order valence-electron chi connectivity index (χ2n) is 13.1. The molecule has 5 heteroatoms. The molecular weight excluding hydrogens is 570 g/mol. The first-order valence-corrected chi connectivity index (χ1v) is 19.4. The van der Waals surface area contributed by atoms with Gasteiger partial charge in [-0.25, -0.2) is 0 Å². The minimum absolute atomic E-state index is 0.228. The summed E-state index contributed by atoms with van der Waals surface area (Å²) in [5, 5.41) is 33.3. The smallest absolute Gasteiger partial charge is 0.220 e. The second kappa shape index (κ2) is 36.2. The highest BCUT2D eigenvalue weighted by Gasteiger charge is 2.26. The molecule has 0 aliphatic carbocycles. The summed E-state index contributed by atoms with van der Waals surface area (Å²) in [5.74, 6) is -0.228. The van der Waals surface area contributed by atoms with Gasteiger partial charge in [0.1, 0.15) is 6.10 Å². The highest BCUT2D eigenvalue weighted by atomic mass is 16.3. The third kappa shape index (κ3) is 30.9. The van der Waals surface area contributed by atoms with Crippen molar-refractivity contribution >= 4 is 5.91 Å². The normalized spacial score (nSPS) is 14.3. The predicted octanol–water partition coefficient (Wildman–Crippen LogP) is 10.6. The largest absolute Gasteiger partial charge is 0.394 e. The lowest BCUT2D eigenvalue weighted by molar-refractivity contribution is -0.124. The number of unbranched alkanes of at least 4 members (excludes halogenated alkanes) is 18. The first-order valence-electron chi connectivity index (χ1n) is 19.4. The second-order valence-corrected chi connectivity index (χ2v) is 13.1. The van der Waals surface area contributed by atoms with Crippen LogP contribution in [0.1, 0.15) is 181 Å². The van der Waals surface area contributed by atoms with Crippen molar-refractivity contribution in [3.63, 3.8) is 0 Å². The maximum atomic E-state index is 12.3. The van der Waals surface area contributed by atoms with Crippen LogP contribution in [-0.4, -0.2) is 46.1 Å². The molecule has 0 heterocycles. The molecule has 0 aliphatic rings. The maximum absolute atomic E-state index is 12.3. The van der Waals surface area contributed by atoms with Crippen molar-refractivity contribution in [2.45, 2.75) is 199 Å². The standard InChI is InChI=1S/C41H75NO4/c1-3-5-7-9-11-13-15-17-18-19-20-21-22-24-25-27-29-31-33-35-39(44)41(46)38(37-43)42-40(45)36-34-32-30-28-26-23-16-14-12-10-8-6-4-2/h21-23,26-27,29-30,32,38-39,41,43-44,46H,3-20,24-25,28,31,33-37H2,1-2H3,(H,42,45)/b22-21+,26-23-,29-27+,32-30-. The van der Waals surface area contributed by atoms with Gasteiger partial charge in [-0.15, -0.1) is 0 Å². The fourth-order valence-electron chi connectivity index (χ4n) is 5.58. The minimum Gasteiger partial charge on any atom is -0.394 e. The van der Waals surface area contributed by atoms with Crippen molar-refractivity contribution in [2.75, 3.05) is 6.61 Å². The van der Waals surface area contributed by atoms with Crippen LogP contribution in [0.3, 0.4) is 0 Å². The molecule has 46 heavy (non-hydrogen) atoms. The minimum atomic E-state index is -1.19. The molecule has 0 spiro atoms. The molecule has 3 unspecified atom stereocenters. The number of amides is 1. The Morgan fingerprint density at radius 3 is 1.46 bits per heavy atom. The first kappa shape index (κ1) is 44.3. The monoisotopic (exact) mass is 646 g/mol. The molecule has 0 aromatic carbocycles. The Hall–Kier alpha value is -1.69. The van der Waals surface area contributed by atoms with E-state index in [0.29, 0.717) is 12.8 Å². The van der Waals surface area contributed by atoms with Crippen molar-refractivity contribution in [3.05, 3.63) is 48.6 Å². The molecule has 0 saturated carbocycles. The number of hydrogen-bond acceptors (Lipinski definition) is 4. The van der Waals surface area contributed by atoms with Crippen molar-refractivity contribution in [1.29, 1.82) is 0 Å². The van der Waals surface area contributed by atoms with Crippen LogP contribution in [0.15, 0.2) is 48.6 Å². The average molecular weight is 646 g/mol. The van der Waals surface area contributed by atoms with Gasteiger partial charge < -0.3 is 20.6 Å². The summed E-state index contributed by atoms with van der Waals surface area (Å²) >= 11 is 0. The zero-order valence-electron chi connectivity index (χ0n) is 30.2. The van der Waals surface area contributed by atoms with E-state index in [1.165, 1.54) is 109 Å². The molecule has 3 atom stereocenters. The molecular formula is C41H75NO4. The van der Waals surface area contributed by atoms with Crippen LogP contribution in [0, 0.1) is 0 Å². The number of carbonyl (C=O) groups excluding carboxylic acids is 1. The lowest BCUT2D eigenvalue weighted by Gasteiger charge is -2.26. The maximum Gasteiger partial charge on any atom is 0.220 e. The third-order valence-corrected chi connectivity index (χ3v) is 8.65. The van der Waals surface area contributed by atoms with Crippen molar-refractivity contribution in [3.8, 4) is 0 Å². The Balaban J connectivity index is 3.83. The molecule has 268 valence electrons. The lowest BCUT2D eigenvalue weighted by Crippen LogP contribution is -2.50. The van der Waals surface area contributed by atoms with Gasteiger partial charge in [-0.1, -0.05) is 152 Å². The number of aliphatic hydroxyl groups is 3. The lowest BCUT2D eigenvalue weighted by atomic mass is 10.0. The van der Waals surface area contributed by atoms with Gasteiger partial charge in [0.05, 0.1) is 18.8 Å². The van der Waals surface area contributed by atoms with E-state index in [1.807, 2.05) is 6.08 Å². The molecule has 0 radical (unpaired) electrons. The van der Waals surface area contributed by atoms with Crippen LogP contribution in [0.2, 0.25) is 0 Å². The average Bonchev–Trinajstić information content (AvgIpc) is 3.06. The third-order valence-electron chi connectivity index (χ3n) is 8.65. The van der Waals surface area contributed by atoms with Crippen molar-refractivity contribution in [2.24, 2.45) is 0 Å². The van der Waals surface area contributed by atoms with E-state index < -0.39 is 24.9 Å². The van der Waals surface area contributed by atoms with Crippen LogP contribution in [0.5, 0.6) is 0 Å². The van der Waals surface area contributed by atoms with Gasteiger partial charge in [-0.2, -0.15) is 0 Å². The fraction of sp³-hybridized carbons (Fsp3) is 0.780. The molecule has 0 aliphatic heterocycles. The van der Waals surface area contributed by atoms with E-state index in [1.54, 1.807) is 0 Å². The van der Waals surface area contributed by atoms with Crippen molar-refractivity contribution in [1.82, 2.24) is 5.32 Å². The van der Waals surface area contributed by atoms with Gasteiger partial charge in [0, 0.05) is 6.42 Å². The highest BCUT2D eigenvalue weighted by molar-refractivity contribution is 5.76. The van der Waals surface area contributed by atoms with Crippen LogP contribution in [-0.2, 0) is 4.79 Å². The molecule has 0 aromatic heterocycles. The molecule has 0 rings (SSSR count). The number of carbonyl (C=O) groups is 1. The predicted molar refractivity (Wildman–Crippen MR) is 199 cm³/mol. The summed E-state index contributed by atoms with van der Waals surface area (Å²) in [4.78, 5) is 12.3. The SMILES string of the molecule is CCCCCCCC/C=C\C/C=C\CCC(=O)NC(CO)C(O)C(O)CCC/C=C/CC/C=C/CCCCCCCCCCCC. The van der Waals surface area contributed by atoms with E-state index >= 15 is 0 Å². The topological polar surface area (TPSA) is 89.8 Å². The Morgan fingerprint density at radius 2 is 0.957 bits per heavy atom. The van der Waals surface area contributed by atoms with Gasteiger partial charge in [0.2, 0.25) is 5.91 Å². The van der Waals surface area contributed by atoms with E-state index in [9.17, 15) is 20.1 Å². The molecule has 0 aromatic rings. The van der Waals surface area contributed by atoms with Crippen LogP contribution < -0.4 is 5.32 Å². The van der Waals surface area contributed by atoms with Gasteiger partial charge in [0.15, 0.2) is 0 Å². The van der Waals surface area contributed by atoms with Gasteiger partial charge >= 0.3 is 0 Å². The Labute approximate surface area is 285 Å². The van der Waals surface area contributed by atoms with Gasteiger partial charge in [0.25, 0.3) is 0 Å². The van der Waals surface area contributed by atoms with E-state index in [-0.39, 0.29) is 12.3 Å². The van der Waals surface area contributed by atoms with Gasteiger partial charge in [-0.05, 0) is 70.6 Å². The van der Waals surface area contributed by atoms with Crippen LogP contribution in [0.4, 0.5) is 0 Å². The zero-order valence-corrected chi connectivity index (χ0v) is 30.2. The first-order chi connectivity index (χ1) is 22.6. The van der Waals surface area contributed by atoms with Crippen molar-refractivity contribution < 1.29 is 20.1 Å². The summed E-state index contributed by atoms with van der Waals surface area (Å²) in [7, 11) is 0. The summed E-state index contributed by atoms with van der Waals surface area (Å²) in [5.41, 5.74) is 0. The molecule has 1 amide bonds. The Morgan fingerprint density at radius 1 is 0.543 bits per heavy atom. The summed E-state index contributed by atoms with van der Waals surface area (Å²) in [6.45, 7) is 4.11. The number of hydrogen-bond donors (Lipinski definition) is 4. The zero-order chi connectivity index (χ0) is 33.8. The molecule has 4 N–H and O–H groups in total. The Bertz CT molecular complexity index is 760. The fourth-order valence-corrected chi connectivity index (χ4v) is 5.58. The highest BCUT2D eigenvalue weighted by Crippen LogP contribution is 2.13. The van der Waals surface area contributed by atoms with E-state index in [4.69, 9.17) is 0 Å². The number of nitrogens with one attached hydrogen (secondary N) is 1. The number of rotatable bonds is 34. The van der Waals surface area contributed by atoms with Crippen LogP contribution in [0.25, 0.3) is 0 Å². The number of allylic oxidation sites excluding steroid dienone is 8. The summed E-state index contributed by atoms with van der Waals surface area (Å²) in [6, 6.07) is -0.862. The summed E-state index contributed by atoms with van der Waals surface area (Å²) in [6.07, 6.45) is 45.1. The molecule has 5 nitrogen and oxygen atoms in total. The quantitative estimate of drug-likeness (QED) is 0.0414. The Kier molecular flexibility index (Phi) is 34.8. The summed E-state index contributed by atoms with van der Waals surface area (Å²) < 4.78 is 0. The molecule has 0 fully saturated rings. The number of aliphatic hydroxyl groups excluding tert-OH is 3. The molecule has 0 bridgehead atoms. The van der Waals surface area contributed by atoms with Crippen LogP contribution >= 0.6 is 0 Å². The van der Waals surface area contributed by atoms with E-state index in [2.05, 4.69) is 61.7 Å². The van der Waals surface area contributed by atoms with E-state index in [0.717, 1.165) is 38.5 Å².